The number of alkyl halides is 5. The van der Waals surface area contributed by atoms with Crippen LogP contribution in [0.15, 0.2) is 18.2 Å². The molecular formula is C12H12F5N3O. The van der Waals surface area contributed by atoms with Crippen molar-refractivity contribution in [2.75, 3.05) is 26.2 Å². The number of nitrogens with one attached hydrogen (secondary N) is 1. The van der Waals surface area contributed by atoms with Crippen LogP contribution in [0.25, 0.3) is 0 Å². The maximum atomic E-state index is 13.2. The van der Waals surface area contributed by atoms with Gasteiger partial charge in [-0.15, -0.1) is 0 Å². The number of carbonyl (C=O) groups excluding carboxylic acids is 1. The summed E-state index contributed by atoms with van der Waals surface area (Å²) < 4.78 is 63.4. The minimum atomic E-state index is -5.75. The molecule has 116 valence electrons. The normalized spacial score (nSPS) is 16.9. The molecule has 0 aromatic carbocycles. The van der Waals surface area contributed by atoms with E-state index in [9.17, 15) is 26.7 Å². The molecule has 9 heteroatoms. The van der Waals surface area contributed by atoms with E-state index in [-0.39, 0.29) is 0 Å². The molecule has 1 saturated heterocycles. The summed E-state index contributed by atoms with van der Waals surface area (Å²) in [6.07, 6.45) is -5.75. The van der Waals surface area contributed by atoms with Crippen LogP contribution in [0.4, 0.5) is 22.0 Å². The lowest BCUT2D eigenvalue weighted by atomic mass is 10.2. The summed E-state index contributed by atoms with van der Waals surface area (Å²) in [6.45, 7) is 1.76. The fraction of sp³-hybridized carbons (Fsp3) is 0.500. The molecule has 1 aliphatic heterocycles. The monoisotopic (exact) mass is 309 g/mol. The third kappa shape index (κ3) is 3.12. The zero-order valence-electron chi connectivity index (χ0n) is 10.8. The van der Waals surface area contributed by atoms with Crippen molar-refractivity contribution in [3.63, 3.8) is 0 Å². The third-order valence-electron chi connectivity index (χ3n) is 3.05. The molecule has 4 nitrogen and oxygen atoms in total. The number of nitrogens with zero attached hydrogens (tertiary/aromatic N) is 2. The van der Waals surface area contributed by atoms with Gasteiger partial charge in [0.15, 0.2) is 0 Å². The standard InChI is InChI=1S/C12H12F5N3O/c13-11(14,12(15,16)17)9-3-1-2-8(19-9)10(21)20-6-4-18-5-7-20/h1-3,18H,4-7H2. The second-order valence-corrected chi connectivity index (χ2v) is 4.52. The summed E-state index contributed by atoms with van der Waals surface area (Å²) in [4.78, 5) is 16.6. The summed E-state index contributed by atoms with van der Waals surface area (Å²) in [5.41, 5.74) is -1.89. The minimum Gasteiger partial charge on any atom is -0.335 e. The number of carbonyl (C=O) groups is 1. The minimum absolute atomic E-state index is 0.348. The van der Waals surface area contributed by atoms with E-state index in [4.69, 9.17) is 0 Å². The van der Waals surface area contributed by atoms with Crippen LogP contribution in [-0.4, -0.2) is 48.1 Å². The summed E-state index contributed by atoms with van der Waals surface area (Å²) in [7, 11) is 0. The second-order valence-electron chi connectivity index (χ2n) is 4.52. The van der Waals surface area contributed by atoms with Crippen LogP contribution in [0.1, 0.15) is 16.2 Å². The van der Waals surface area contributed by atoms with E-state index in [0.29, 0.717) is 32.2 Å². The molecule has 0 radical (unpaired) electrons. The number of aromatic nitrogens is 1. The first-order chi connectivity index (χ1) is 9.73. The van der Waals surface area contributed by atoms with E-state index in [1.165, 1.54) is 4.90 Å². The van der Waals surface area contributed by atoms with E-state index in [2.05, 4.69) is 10.3 Å². The van der Waals surface area contributed by atoms with Gasteiger partial charge >= 0.3 is 12.1 Å². The first-order valence-electron chi connectivity index (χ1n) is 6.15. The van der Waals surface area contributed by atoms with Crippen LogP contribution in [0.2, 0.25) is 0 Å². The first-order valence-corrected chi connectivity index (χ1v) is 6.15. The van der Waals surface area contributed by atoms with E-state index in [1.54, 1.807) is 0 Å². The molecule has 1 N–H and O–H groups in total. The number of pyridine rings is 1. The molecule has 0 aliphatic carbocycles. The van der Waals surface area contributed by atoms with Crippen LogP contribution >= 0.6 is 0 Å². The van der Waals surface area contributed by atoms with Crippen molar-refractivity contribution in [1.82, 2.24) is 15.2 Å². The first kappa shape index (κ1) is 15.6. The average Bonchev–Trinajstić information content (AvgIpc) is 2.46. The van der Waals surface area contributed by atoms with Gasteiger partial charge in [0.2, 0.25) is 0 Å². The summed E-state index contributed by atoms with van der Waals surface area (Å²) >= 11 is 0. The van der Waals surface area contributed by atoms with E-state index in [1.807, 2.05) is 0 Å². The van der Waals surface area contributed by atoms with Gasteiger partial charge in [-0.1, -0.05) is 6.07 Å². The van der Waals surface area contributed by atoms with Crippen molar-refractivity contribution in [3.8, 4) is 0 Å². The highest BCUT2D eigenvalue weighted by molar-refractivity contribution is 5.92. The Hall–Kier alpha value is -1.77. The molecule has 2 rings (SSSR count). The topological polar surface area (TPSA) is 45.2 Å². The molecule has 0 spiro atoms. The van der Waals surface area contributed by atoms with Crippen molar-refractivity contribution in [2.24, 2.45) is 0 Å². The molecule has 1 amide bonds. The Morgan fingerprint density at radius 2 is 1.76 bits per heavy atom. The summed E-state index contributed by atoms with van der Waals surface area (Å²) in [5.74, 6) is -5.75. The molecule has 0 bridgehead atoms. The van der Waals surface area contributed by atoms with Gasteiger partial charge in [0.25, 0.3) is 5.91 Å². The second kappa shape index (κ2) is 5.55. The summed E-state index contributed by atoms with van der Waals surface area (Å²) in [6, 6.07) is 2.65. The lowest BCUT2D eigenvalue weighted by molar-refractivity contribution is -0.290. The fourth-order valence-corrected chi connectivity index (χ4v) is 1.90. The van der Waals surface area contributed by atoms with E-state index in [0.717, 1.165) is 12.1 Å². The van der Waals surface area contributed by atoms with E-state index >= 15 is 0 Å². The van der Waals surface area contributed by atoms with Gasteiger partial charge in [0, 0.05) is 26.2 Å². The predicted octanol–water partition coefficient (Wildman–Crippen LogP) is 1.78. The van der Waals surface area contributed by atoms with Crippen molar-refractivity contribution in [1.29, 1.82) is 0 Å². The quantitative estimate of drug-likeness (QED) is 0.847. The molecule has 0 atom stereocenters. The molecule has 1 aliphatic rings. The molecule has 1 aromatic heterocycles. The number of piperazine rings is 1. The molecule has 1 fully saturated rings. The predicted molar refractivity (Wildman–Crippen MR) is 63.0 cm³/mol. The molecule has 0 unspecified atom stereocenters. The van der Waals surface area contributed by atoms with Crippen LogP contribution in [0.3, 0.4) is 0 Å². The van der Waals surface area contributed by atoms with Gasteiger partial charge in [-0.2, -0.15) is 22.0 Å². The molecule has 2 heterocycles. The molecule has 0 saturated carbocycles. The highest BCUT2D eigenvalue weighted by Gasteiger charge is 2.60. The van der Waals surface area contributed by atoms with Crippen LogP contribution in [-0.2, 0) is 5.92 Å². The maximum Gasteiger partial charge on any atom is 0.459 e. The maximum absolute atomic E-state index is 13.2. The largest absolute Gasteiger partial charge is 0.459 e. The zero-order valence-corrected chi connectivity index (χ0v) is 10.8. The van der Waals surface area contributed by atoms with E-state index < -0.39 is 29.4 Å². The number of rotatable bonds is 2. The highest BCUT2D eigenvalue weighted by atomic mass is 19.4. The Morgan fingerprint density at radius 1 is 1.14 bits per heavy atom. The summed E-state index contributed by atoms with van der Waals surface area (Å²) in [5, 5.41) is 2.99. The smallest absolute Gasteiger partial charge is 0.335 e. The zero-order chi connectivity index (χ0) is 15.7. The highest BCUT2D eigenvalue weighted by Crippen LogP contribution is 2.42. The van der Waals surface area contributed by atoms with Crippen molar-refractivity contribution >= 4 is 5.91 Å². The van der Waals surface area contributed by atoms with Gasteiger partial charge in [0.1, 0.15) is 11.4 Å². The van der Waals surface area contributed by atoms with Crippen molar-refractivity contribution in [3.05, 3.63) is 29.6 Å². The van der Waals surface area contributed by atoms with Crippen LogP contribution in [0, 0.1) is 0 Å². The average molecular weight is 309 g/mol. The van der Waals surface area contributed by atoms with Gasteiger partial charge in [-0.3, -0.25) is 4.79 Å². The van der Waals surface area contributed by atoms with Crippen molar-refractivity contribution in [2.45, 2.75) is 12.1 Å². The Labute approximate surface area is 116 Å². The van der Waals surface area contributed by atoms with Crippen LogP contribution in [0.5, 0.6) is 0 Å². The van der Waals surface area contributed by atoms with Crippen LogP contribution < -0.4 is 5.32 Å². The Balaban J connectivity index is 2.27. The van der Waals surface area contributed by atoms with Gasteiger partial charge < -0.3 is 10.2 Å². The number of hydrogen-bond donors (Lipinski definition) is 1. The number of amides is 1. The molecule has 1 aromatic rings. The Kier molecular flexibility index (Phi) is 4.13. The molecule has 21 heavy (non-hydrogen) atoms. The lowest BCUT2D eigenvalue weighted by Crippen LogP contribution is -2.46. The number of hydrogen-bond acceptors (Lipinski definition) is 3. The van der Waals surface area contributed by atoms with Gasteiger partial charge in [-0.25, -0.2) is 4.98 Å². The van der Waals surface area contributed by atoms with Gasteiger partial charge in [-0.05, 0) is 12.1 Å². The SMILES string of the molecule is O=C(c1cccc(C(F)(F)C(F)(F)F)n1)N1CCNCC1. The van der Waals surface area contributed by atoms with Crippen molar-refractivity contribution < 1.29 is 26.7 Å². The van der Waals surface area contributed by atoms with Gasteiger partial charge in [0.05, 0.1) is 0 Å². The Morgan fingerprint density at radius 3 is 2.33 bits per heavy atom. The number of halogens is 5. The lowest BCUT2D eigenvalue weighted by Gasteiger charge is -2.27. The fourth-order valence-electron chi connectivity index (χ4n) is 1.90. The third-order valence-corrected chi connectivity index (χ3v) is 3.05. The molecular weight excluding hydrogens is 297 g/mol. The Bertz CT molecular complexity index is 526.